The quantitative estimate of drug-likeness (QED) is 0.105. The Morgan fingerprint density at radius 1 is 0.855 bits per heavy atom. The number of fused-ring (bicyclic) bond motifs is 2. The first-order valence-electron chi connectivity index (χ1n) is 21.4. The van der Waals surface area contributed by atoms with E-state index in [9.17, 15) is 35.9 Å². The molecule has 3 aromatic carbocycles. The average Bonchev–Trinajstić information content (AvgIpc) is 3.55. The van der Waals surface area contributed by atoms with Gasteiger partial charge in [0, 0.05) is 37.7 Å². The molecule has 2 fully saturated rings. The number of likely N-dealkylation sites (tertiary alicyclic amines) is 1. The predicted molar refractivity (Wildman–Crippen MR) is 228 cm³/mol. The lowest BCUT2D eigenvalue weighted by Gasteiger charge is -2.46. The van der Waals surface area contributed by atoms with Crippen molar-refractivity contribution < 1.29 is 45.4 Å². The molecule has 62 heavy (non-hydrogen) atoms. The van der Waals surface area contributed by atoms with E-state index >= 15 is 0 Å². The second-order valence-corrected chi connectivity index (χ2v) is 17.9. The van der Waals surface area contributed by atoms with Crippen molar-refractivity contribution in [1.29, 1.82) is 0 Å². The second-order valence-electron chi connectivity index (χ2n) is 17.1. The number of amides is 2. The number of piperidine rings is 1. The number of hydrogen-bond donors (Lipinski definition) is 0. The largest absolute Gasteiger partial charge is 0.416 e. The molecular weight excluding hydrogens is 857 g/mol. The molecule has 8 nitrogen and oxygen atoms in total. The molecule has 3 aliphatic rings. The fourth-order valence-corrected chi connectivity index (χ4v) is 9.52. The van der Waals surface area contributed by atoms with Gasteiger partial charge in [-0.15, -0.1) is 0 Å². The smallest absolute Gasteiger partial charge is 0.367 e. The van der Waals surface area contributed by atoms with Gasteiger partial charge >= 0.3 is 12.4 Å². The van der Waals surface area contributed by atoms with Crippen molar-refractivity contribution in [3.05, 3.63) is 104 Å². The fourth-order valence-electron chi connectivity index (χ4n) is 9.22. The highest BCUT2D eigenvalue weighted by Gasteiger charge is 2.50. The Bertz CT molecular complexity index is 2000. The molecule has 2 amide bonds. The van der Waals surface area contributed by atoms with Gasteiger partial charge in [-0.3, -0.25) is 9.59 Å². The average molecular weight is 914 g/mol. The zero-order valence-electron chi connectivity index (χ0n) is 35.5. The van der Waals surface area contributed by atoms with Crippen LogP contribution in [0.3, 0.4) is 0 Å². The van der Waals surface area contributed by atoms with Crippen LogP contribution in [0.5, 0.6) is 0 Å². The van der Waals surface area contributed by atoms with Crippen molar-refractivity contribution in [1.82, 2.24) is 19.6 Å². The zero-order valence-corrected chi connectivity index (χ0v) is 37.0. The molecule has 2 heterocycles. The number of carbonyl (C=O) groups excluding carboxylic acids is 2. The Morgan fingerprint density at radius 2 is 1.52 bits per heavy atom. The summed E-state index contributed by atoms with van der Waals surface area (Å²) in [7, 11) is 3.96. The van der Waals surface area contributed by atoms with E-state index in [1.165, 1.54) is 22.4 Å². The van der Waals surface area contributed by atoms with Crippen LogP contribution in [-0.4, -0.2) is 117 Å². The normalized spacial score (nSPS) is 20.5. The summed E-state index contributed by atoms with van der Waals surface area (Å²) in [5.41, 5.74) is -2.35. The molecule has 2 aliphatic heterocycles. The topological polar surface area (TPSA) is 65.6 Å². The molecule has 2 atom stereocenters. The van der Waals surface area contributed by atoms with Gasteiger partial charge in [-0.1, -0.05) is 66.9 Å². The molecular formula is C46H56Cl2F6N4O4. The zero-order chi connectivity index (χ0) is 44.9. The molecule has 1 spiro atoms. The number of alkyl halides is 6. The van der Waals surface area contributed by atoms with Gasteiger partial charge in [-0.25, -0.2) is 0 Å². The number of morpholine rings is 1. The van der Waals surface area contributed by atoms with Gasteiger partial charge < -0.3 is 29.1 Å². The Hall–Kier alpha value is -3.40. The third-order valence-corrected chi connectivity index (χ3v) is 13.7. The maximum atomic E-state index is 13.9. The molecule has 0 N–H and O–H groups in total. The standard InChI is InChI=1S/C46H56Cl2F6N4O4/c1-4-5-17-55(2)18-8-9-19-56(3)41(59)30-61-40-27-32-10-6-7-11-37(32)43(40)14-20-57(21-15-43)22-16-44(34-12-13-38(47)39(48)29-34)31-58(23-24-62-44)42(60)33-25-35(45(49,50)51)28-36(26-33)46(52,53)54/h6-7,10-13,25-26,28-29,40H,4-5,8-9,14-24,27,30-31H2,1-3H3/t40-,44-/m0/s1. The number of unbranched alkanes of at least 4 members (excludes halogenated alkanes) is 2. The van der Waals surface area contributed by atoms with Crippen molar-refractivity contribution in [2.75, 3.05) is 79.7 Å². The van der Waals surface area contributed by atoms with Crippen molar-refractivity contribution in [3.63, 3.8) is 0 Å². The van der Waals surface area contributed by atoms with Crippen LogP contribution in [0, 0.1) is 0 Å². The fraction of sp³-hybridized carbons (Fsp3) is 0.565. The SMILES string of the molecule is CCCCN(C)CCCCN(C)C(=O)CO[C@H]1Cc2ccccc2C12CCN(CC[C@@]1(c3ccc(Cl)c(Cl)c3)CN(C(=O)c3cc(C(F)(F)F)cc(C(F)(F)F)c3)CCO1)CC2. The molecule has 0 saturated carbocycles. The summed E-state index contributed by atoms with van der Waals surface area (Å²) in [4.78, 5) is 34.8. The first kappa shape index (κ1) is 48.1. The summed E-state index contributed by atoms with van der Waals surface area (Å²) < 4.78 is 95.5. The molecule has 2 saturated heterocycles. The van der Waals surface area contributed by atoms with Crippen molar-refractivity contribution in [3.8, 4) is 0 Å². The minimum absolute atomic E-state index is 0.00618. The molecule has 3 aromatic rings. The predicted octanol–water partition coefficient (Wildman–Crippen LogP) is 9.73. The van der Waals surface area contributed by atoms with Crippen molar-refractivity contribution >= 4 is 35.0 Å². The van der Waals surface area contributed by atoms with E-state index in [4.69, 9.17) is 32.7 Å². The molecule has 1 aliphatic carbocycles. The monoisotopic (exact) mass is 912 g/mol. The lowest BCUT2D eigenvalue weighted by atomic mass is 9.72. The van der Waals surface area contributed by atoms with Gasteiger partial charge in [0.15, 0.2) is 0 Å². The van der Waals surface area contributed by atoms with E-state index in [2.05, 4.69) is 35.9 Å². The number of nitrogens with zero attached hydrogens (tertiary/aromatic N) is 4. The van der Waals surface area contributed by atoms with Crippen LogP contribution >= 0.6 is 23.2 Å². The van der Waals surface area contributed by atoms with E-state index in [1.54, 1.807) is 23.1 Å². The number of halogens is 8. The van der Waals surface area contributed by atoms with Gasteiger partial charge in [0.05, 0.1) is 40.4 Å². The maximum absolute atomic E-state index is 13.9. The lowest BCUT2D eigenvalue weighted by Crippen LogP contribution is -2.54. The van der Waals surface area contributed by atoms with Crippen LogP contribution in [0.1, 0.15) is 90.0 Å². The number of likely N-dealkylation sites (N-methyl/N-ethyl adjacent to an activating group) is 1. The highest BCUT2D eigenvalue weighted by molar-refractivity contribution is 6.42. The second kappa shape index (κ2) is 20.2. The molecule has 340 valence electrons. The van der Waals surface area contributed by atoms with Crippen molar-refractivity contribution in [2.45, 2.75) is 87.8 Å². The number of benzene rings is 3. The summed E-state index contributed by atoms with van der Waals surface area (Å²) in [6.45, 7) is 6.53. The van der Waals surface area contributed by atoms with Crippen LogP contribution < -0.4 is 0 Å². The number of hydrogen-bond acceptors (Lipinski definition) is 6. The third kappa shape index (κ3) is 11.3. The molecule has 0 unspecified atom stereocenters. The number of carbonyl (C=O) groups is 2. The molecule has 16 heteroatoms. The van der Waals surface area contributed by atoms with E-state index < -0.39 is 40.6 Å². The first-order chi connectivity index (χ1) is 29.3. The summed E-state index contributed by atoms with van der Waals surface area (Å²) in [5.74, 6) is -1.02. The molecule has 0 aromatic heterocycles. The van der Waals surface area contributed by atoms with Gasteiger partial charge in [-0.2, -0.15) is 26.3 Å². The summed E-state index contributed by atoms with van der Waals surface area (Å²) in [6, 6.07) is 14.2. The van der Waals surface area contributed by atoms with E-state index in [1.807, 2.05) is 19.2 Å². The van der Waals surface area contributed by atoms with Gasteiger partial charge in [0.1, 0.15) is 12.2 Å². The van der Waals surface area contributed by atoms with E-state index in [0.717, 1.165) is 45.2 Å². The molecule has 0 bridgehead atoms. The lowest BCUT2D eigenvalue weighted by molar-refractivity contribution is -0.143. The van der Waals surface area contributed by atoms with E-state index in [-0.39, 0.29) is 59.8 Å². The van der Waals surface area contributed by atoms with E-state index in [0.29, 0.717) is 56.7 Å². The van der Waals surface area contributed by atoms with Crippen LogP contribution in [0.2, 0.25) is 10.0 Å². The number of rotatable bonds is 16. The third-order valence-electron chi connectivity index (χ3n) is 12.9. The Labute approximate surface area is 370 Å². The van der Waals surface area contributed by atoms with Gasteiger partial charge in [0.2, 0.25) is 5.91 Å². The van der Waals surface area contributed by atoms with Crippen LogP contribution in [0.15, 0.2) is 60.7 Å². The van der Waals surface area contributed by atoms with Crippen LogP contribution in [0.25, 0.3) is 0 Å². The minimum atomic E-state index is -5.11. The summed E-state index contributed by atoms with van der Waals surface area (Å²) in [5, 5.41) is 0.506. The first-order valence-corrected chi connectivity index (χ1v) is 22.1. The summed E-state index contributed by atoms with van der Waals surface area (Å²) in [6.07, 6.45) is -3.60. The van der Waals surface area contributed by atoms with Gasteiger partial charge in [0.25, 0.3) is 5.91 Å². The Kier molecular flexibility index (Phi) is 15.7. The maximum Gasteiger partial charge on any atom is 0.416 e. The molecule has 6 rings (SSSR count). The van der Waals surface area contributed by atoms with Crippen LogP contribution in [-0.2, 0) is 44.1 Å². The highest BCUT2D eigenvalue weighted by atomic mass is 35.5. The van der Waals surface area contributed by atoms with Crippen molar-refractivity contribution in [2.24, 2.45) is 0 Å². The number of ether oxygens (including phenoxy) is 2. The van der Waals surface area contributed by atoms with Gasteiger partial charge in [-0.05, 0) is 125 Å². The molecule has 0 radical (unpaired) electrons. The summed E-state index contributed by atoms with van der Waals surface area (Å²) >= 11 is 12.7. The Balaban J connectivity index is 1.14. The minimum Gasteiger partial charge on any atom is -0.367 e. The highest BCUT2D eigenvalue weighted by Crippen LogP contribution is 2.48. The Morgan fingerprint density at radius 3 is 2.18 bits per heavy atom. The van der Waals surface area contributed by atoms with Crippen LogP contribution in [0.4, 0.5) is 26.3 Å².